The molecule has 6 nitrogen and oxygen atoms in total. The minimum atomic E-state index is -0.945. The first kappa shape index (κ1) is 14.7. The van der Waals surface area contributed by atoms with Crippen LogP contribution in [-0.2, 0) is 9.59 Å². The summed E-state index contributed by atoms with van der Waals surface area (Å²) in [5.74, 6) is -0.969. The van der Waals surface area contributed by atoms with Gasteiger partial charge in [-0.15, -0.1) is 0 Å². The maximum absolute atomic E-state index is 12.0. The molecule has 108 valence electrons. The van der Waals surface area contributed by atoms with Crippen LogP contribution in [0.1, 0.15) is 38.5 Å². The van der Waals surface area contributed by atoms with Crippen LogP contribution in [0.15, 0.2) is 12.4 Å². The molecule has 1 aromatic heterocycles. The molecule has 0 aliphatic heterocycles. The number of anilines is 1. The molecule has 0 radical (unpaired) electrons. The van der Waals surface area contributed by atoms with Gasteiger partial charge in [-0.2, -0.15) is 0 Å². The van der Waals surface area contributed by atoms with E-state index >= 15 is 0 Å². The van der Waals surface area contributed by atoms with Crippen molar-refractivity contribution >= 4 is 29.3 Å². The third-order valence-corrected chi connectivity index (χ3v) is 3.87. The Labute approximate surface area is 121 Å². The van der Waals surface area contributed by atoms with E-state index in [-0.39, 0.29) is 23.3 Å². The summed E-state index contributed by atoms with van der Waals surface area (Å²) in [6, 6.07) is 1.42. The van der Waals surface area contributed by atoms with Gasteiger partial charge in [-0.1, -0.05) is 30.9 Å². The topological polar surface area (TPSA) is 92.2 Å². The molecule has 20 heavy (non-hydrogen) atoms. The number of amides is 1. The van der Waals surface area contributed by atoms with Crippen LogP contribution in [0, 0.1) is 5.41 Å². The zero-order valence-corrected chi connectivity index (χ0v) is 11.7. The summed E-state index contributed by atoms with van der Waals surface area (Å²) in [6.07, 6.45) is 5.01. The second-order valence-corrected chi connectivity index (χ2v) is 5.48. The van der Waals surface area contributed by atoms with Crippen LogP contribution in [0.5, 0.6) is 0 Å². The fraction of sp³-hybridized carbons (Fsp3) is 0.538. The van der Waals surface area contributed by atoms with Crippen molar-refractivity contribution in [2.75, 3.05) is 5.32 Å². The SMILES string of the molecule is O=C(CC1(C(=O)O)CCCCC1)Nc1cc(Cl)ncn1. The number of aliphatic carboxylic acids is 1. The molecule has 1 aromatic rings. The largest absolute Gasteiger partial charge is 0.481 e. The summed E-state index contributed by atoms with van der Waals surface area (Å²) in [6.45, 7) is 0. The van der Waals surface area contributed by atoms with E-state index in [4.69, 9.17) is 11.6 Å². The van der Waals surface area contributed by atoms with Crippen LogP contribution >= 0.6 is 11.6 Å². The molecule has 1 amide bonds. The van der Waals surface area contributed by atoms with E-state index in [0.29, 0.717) is 12.8 Å². The first-order chi connectivity index (χ1) is 9.52. The zero-order chi connectivity index (χ0) is 14.6. The molecule has 1 fully saturated rings. The van der Waals surface area contributed by atoms with Gasteiger partial charge in [0.1, 0.15) is 17.3 Å². The van der Waals surface area contributed by atoms with Gasteiger partial charge in [-0.25, -0.2) is 9.97 Å². The Morgan fingerprint density at radius 3 is 2.60 bits per heavy atom. The number of nitrogens with one attached hydrogen (secondary N) is 1. The van der Waals surface area contributed by atoms with Crippen molar-refractivity contribution in [3.05, 3.63) is 17.5 Å². The number of carbonyl (C=O) groups excluding carboxylic acids is 1. The maximum Gasteiger partial charge on any atom is 0.310 e. The third-order valence-electron chi connectivity index (χ3n) is 3.66. The molecule has 0 aromatic carbocycles. The van der Waals surface area contributed by atoms with E-state index in [1.807, 2.05) is 0 Å². The second-order valence-electron chi connectivity index (χ2n) is 5.10. The highest BCUT2D eigenvalue weighted by molar-refractivity contribution is 6.29. The van der Waals surface area contributed by atoms with Crippen LogP contribution < -0.4 is 5.32 Å². The zero-order valence-electron chi connectivity index (χ0n) is 10.9. The summed E-state index contributed by atoms with van der Waals surface area (Å²) >= 11 is 5.70. The van der Waals surface area contributed by atoms with Crippen LogP contribution in [0.4, 0.5) is 5.82 Å². The molecule has 1 saturated carbocycles. The lowest BCUT2D eigenvalue weighted by Crippen LogP contribution is -2.37. The average molecular weight is 298 g/mol. The minimum absolute atomic E-state index is 0.0377. The molecule has 0 spiro atoms. The van der Waals surface area contributed by atoms with E-state index in [0.717, 1.165) is 19.3 Å². The van der Waals surface area contributed by atoms with Crippen molar-refractivity contribution in [3.8, 4) is 0 Å². The molecule has 0 atom stereocenters. The molecule has 0 bridgehead atoms. The van der Waals surface area contributed by atoms with E-state index in [2.05, 4.69) is 15.3 Å². The van der Waals surface area contributed by atoms with Gasteiger partial charge >= 0.3 is 5.97 Å². The highest BCUT2D eigenvalue weighted by Crippen LogP contribution is 2.39. The molecule has 7 heteroatoms. The smallest absolute Gasteiger partial charge is 0.310 e. The van der Waals surface area contributed by atoms with Gasteiger partial charge in [0.05, 0.1) is 5.41 Å². The Morgan fingerprint density at radius 2 is 2.00 bits per heavy atom. The van der Waals surface area contributed by atoms with E-state index in [1.165, 1.54) is 12.4 Å². The van der Waals surface area contributed by atoms with Crippen molar-refractivity contribution in [1.29, 1.82) is 0 Å². The Kier molecular flexibility index (Phi) is 4.54. The third kappa shape index (κ3) is 3.45. The summed E-state index contributed by atoms with van der Waals surface area (Å²) in [5, 5.41) is 12.2. The number of halogens is 1. The van der Waals surface area contributed by atoms with Crippen LogP contribution in [0.3, 0.4) is 0 Å². The number of hydrogen-bond donors (Lipinski definition) is 2. The minimum Gasteiger partial charge on any atom is -0.481 e. The van der Waals surface area contributed by atoms with Gasteiger partial charge < -0.3 is 10.4 Å². The van der Waals surface area contributed by atoms with Crippen molar-refractivity contribution in [1.82, 2.24) is 9.97 Å². The summed E-state index contributed by atoms with van der Waals surface area (Å²) in [5.41, 5.74) is -0.945. The average Bonchev–Trinajstić information content (AvgIpc) is 2.39. The molecule has 0 saturated heterocycles. The molecule has 1 aliphatic rings. The maximum atomic E-state index is 12.0. The number of carboxylic acids is 1. The Bertz CT molecular complexity index is 515. The number of nitrogens with zero attached hydrogens (tertiary/aromatic N) is 2. The van der Waals surface area contributed by atoms with E-state index in [9.17, 15) is 14.7 Å². The van der Waals surface area contributed by atoms with Gasteiger partial charge in [0, 0.05) is 12.5 Å². The van der Waals surface area contributed by atoms with Gasteiger partial charge in [-0.05, 0) is 12.8 Å². The molecular weight excluding hydrogens is 282 g/mol. The summed E-state index contributed by atoms with van der Waals surface area (Å²) in [7, 11) is 0. The van der Waals surface area contributed by atoms with Gasteiger partial charge in [0.15, 0.2) is 0 Å². The Balaban J connectivity index is 2.03. The predicted octanol–water partition coefficient (Wildman–Crippen LogP) is 2.49. The Morgan fingerprint density at radius 1 is 1.30 bits per heavy atom. The fourth-order valence-corrected chi connectivity index (χ4v) is 2.74. The van der Waals surface area contributed by atoms with E-state index < -0.39 is 11.4 Å². The highest BCUT2D eigenvalue weighted by Gasteiger charge is 2.41. The first-order valence-corrected chi connectivity index (χ1v) is 6.90. The number of carboxylic acid groups (broad SMARTS) is 1. The van der Waals surface area contributed by atoms with Crippen LogP contribution in [0.2, 0.25) is 5.15 Å². The summed E-state index contributed by atoms with van der Waals surface area (Å²) in [4.78, 5) is 31.1. The lowest BCUT2D eigenvalue weighted by molar-refractivity contribution is -0.153. The van der Waals surface area contributed by atoms with Gasteiger partial charge in [0.2, 0.25) is 5.91 Å². The number of aromatic nitrogens is 2. The molecular formula is C13H16ClN3O3. The van der Waals surface area contributed by atoms with Gasteiger partial charge in [-0.3, -0.25) is 9.59 Å². The molecule has 1 aliphatic carbocycles. The standard InChI is InChI=1S/C13H16ClN3O3/c14-9-6-10(16-8-15-9)17-11(18)7-13(12(19)20)4-2-1-3-5-13/h6,8H,1-5,7H2,(H,19,20)(H,15,16,17,18). The number of hydrogen-bond acceptors (Lipinski definition) is 4. The van der Waals surface area contributed by atoms with Crippen molar-refractivity contribution in [3.63, 3.8) is 0 Å². The molecule has 0 unspecified atom stereocenters. The molecule has 2 rings (SSSR count). The van der Waals surface area contributed by atoms with Crippen LogP contribution in [-0.4, -0.2) is 27.0 Å². The predicted molar refractivity (Wildman–Crippen MR) is 73.4 cm³/mol. The van der Waals surface area contributed by atoms with Crippen molar-refractivity contribution in [2.45, 2.75) is 38.5 Å². The van der Waals surface area contributed by atoms with Crippen LogP contribution in [0.25, 0.3) is 0 Å². The van der Waals surface area contributed by atoms with E-state index in [1.54, 1.807) is 0 Å². The normalized spacial score (nSPS) is 17.4. The van der Waals surface area contributed by atoms with Crippen molar-refractivity contribution in [2.24, 2.45) is 5.41 Å². The molecule has 1 heterocycles. The second kappa shape index (κ2) is 6.17. The Hall–Kier alpha value is -1.69. The lowest BCUT2D eigenvalue weighted by atomic mass is 9.71. The summed E-state index contributed by atoms with van der Waals surface area (Å²) < 4.78 is 0. The fourth-order valence-electron chi connectivity index (χ4n) is 2.59. The molecule has 2 N–H and O–H groups in total. The van der Waals surface area contributed by atoms with Gasteiger partial charge in [0.25, 0.3) is 0 Å². The monoisotopic (exact) mass is 297 g/mol. The highest BCUT2D eigenvalue weighted by atomic mass is 35.5. The number of rotatable bonds is 4. The van der Waals surface area contributed by atoms with Crippen molar-refractivity contribution < 1.29 is 14.7 Å². The lowest BCUT2D eigenvalue weighted by Gasteiger charge is -2.32. The first-order valence-electron chi connectivity index (χ1n) is 6.53. The quantitative estimate of drug-likeness (QED) is 0.833. The number of carbonyl (C=O) groups is 2.